The zero-order chi connectivity index (χ0) is 22.2. The molecular formula is C21H26FN5O3S. The molecule has 1 saturated heterocycles. The standard InChI is InChI=1S/C21H26FN5O3S/c1-14(28)26-10-9-18-19(13-26)24-20(25-21(18)23-2)15-7-11-27(12-8-15)31(29,30)17-5-3-16(22)4-6-17/h3-6,15H,7-13H2,1-2H3,(H,23,24,25). The highest BCUT2D eigenvalue weighted by molar-refractivity contribution is 7.89. The summed E-state index contributed by atoms with van der Waals surface area (Å²) < 4.78 is 40.3. The van der Waals surface area contributed by atoms with E-state index < -0.39 is 15.8 Å². The first kappa shape index (κ1) is 21.6. The molecule has 0 radical (unpaired) electrons. The predicted octanol–water partition coefficient (Wildman–Crippen LogP) is 2.13. The lowest BCUT2D eigenvalue weighted by Crippen LogP contribution is -2.39. The Kier molecular flexibility index (Phi) is 5.94. The number of halogens is 1. The van der Waals surface area contributed by atoms with Gasteiger partial charge in [-0.2, -0.15) is 4.31 Å². The van der Waals surface area contributed by atoms with E-state index >= 15 is 0 Å². The van der Waals surface area contributed by atoms with Crippen LogP contribution in [0.15, 0.2) is 29.2 Å². The van der Waals surface area contributed by atoms with Gasteiger partial charge in [-0.15, -0.1) is 0 Å². The van der Waals surface area contributed by atoms with Crippen molar-refractivity contribution in [2.24, 2.45) is 0 Å². The highest BCUT2D eigenvalue weighted by atomic mass is 32.2. The molecule has 0 bridgehead atoms. The van der Waals surface area contributed by atoms with E-state index in [1.54, 1.807) is 11.8 Å². The zero-order valence-electron chi connectivity index (χ0n) is 17.6. The van der Waals surface area contributed by atoms with Crippen LogP contribution in [0.3, 0.4) is 0 Å². The van der Waals surface area contributed by atoms with Crippen molar-refractivity contribution in [2.75, 3.05) is 32.0 Å². The van der Waals surface area contributed by atoms with Gasteiger partial charge in [-0.25, -0.2) is 22.8 Å². The Hall–Kier alpha value is -2.59. The van der Waals surface area contributed by atoms with E-state index in [9.17, 15) is 17.6 Å². The Balaban J connectivity index is 1.52. The second-order valence-corrected chi connectivity index (χ2v) is 9.87. The van der Waals surface area contributed by atoms with Crippen LogP contribution in [0.25, 0.3) is 0 Å². The highest BCUT2D eigenvalue weighted by Crippen LogP contribution is 2.32. The number of anilines is 1. The minimum absolute atomic E-state index is 0.0242. The Morgan fingerprint density at radius 2 is 1.81 bits per heavy atom. The van der Waals surface area contributed by atoms with E-state index in [-0.39, 0.29) is 16.7 Å². The van der Waals surface area contributed by atoms with Crippen LogP contribution in [0.4, 0.5) is 10.2 Å². The molecule has 0 saturated carbocycles. The average molecular weight is 448 g/mol. The number of sulfonamides is 1. The van der Waals surface area contributed by atoms with Crippen LogP contribution in [0.2, 0.25) is 0 Å². The van der Waals surface area contributed by atoms with Gasteiger partial charge in [-0.3, -0.25) is 4.79 Å². The summed E-state index contributed by atoms with van der Waals surface area (Å²) in [4.78, 5) is 23.2. The number of rotatable bonds is 4. The molecule has 10 heteroatoms. The van der Waals surface area contributed by atoms with Gasteiger partial charge in [0, 0.05) is 45.1 Å². The largest absolute Gasteiger partial charge is 0.373 e. The third-order valence-corrected chi connectivity index (χ3v) is 7.95. The number of aromatic nitrogens is 2. The summed E-state index contributed by atoms with van der Waals surface area (Å²) >= 11 is 0. The second-order valence-electron chi connectivity index (χ2n) is 7.93. The highest BCUT2D eigenvalue weighted by Gasteiger charge is 2.32. The summed E-state index contributed by atoms with van der Waals surface area (Å²) in [5.41, 5.74) is 1.90. The van der Waals surface area contributed by atoms with E-state index in [0.717, 1.165) is 29.2 Å². The first-order valence-corrected chi connectivity index (χ1v) is 11.8. The van der Waals surface area contributed by atoms with Crippen LogP contribution in [-0.2, 0) is 27.8 Å². The fraction of sp³-hybridized carbons (Fsp3) is 0.476. The summed E-state index contributed by atoms with van der Waals surface area (Å²) in [5.74, 6) is 1.06. The molecule has 1 amide bonds. The van der Waals surface area contributed by atoms with Crippen molar-refractivity contribution in [2.45, 2.75) is 43.5 Å². The molecule has 166 valence electrons. The van der Waals surface area contributed by atoms with Crippen molar-refractivity contribution in [1.29, 1.82) is 0 Å². The van der Waals surface area contributed by atoms with Gasteiger partial charge >= 0.3 is 0 Å². The van der Waals surface area contributed by atoms with Crippen molar-refractivity contribution in [3.8, 4) is 0 Å². The fourth-order valence-electron chi connectivity index (χ4n) is 4.22. The van der Waals surface area contributed by atoms with Gasteiger partial charge in [0.05, 0.1) is 17.1 Å². The van der Waals surface area contributed by atoms with Crippen molar-refractivity contribution >= 4 is 21.7 Å². The third kappa shape index (κ3) is 4.27. The van der Waals surface area contributed by atoms with Gasteiger partial charge in [-0.1, -0.05) is 0 Å². The molecule has 1 aromatic heterocycles. The maximum absolute atomic E-state index is 13.2. The number of carbonyl (C=O) groups is 1. The van der Waals surface area contributed by atoms with Gasteiger partial charge in [0.1, 0.15) is 17.5 Å². The van der Waals surface area contributed by atoms with E-state index in [2.05, 4.69) is 5.32 Å². The molecule has 0 unspecified atom stereocenters. The van der Waals surface area contributed by atoms with E-state index in [1.807, 2.05) is 7.05 Å². The maximum Gasteiger partial charge on any atom is 0.243 e. The number of piperidine rings is 1. The van der Waals surface area contributed by atoms with E-state index in [4.69, 9.17) is 9.97 Å². The molecule has 2 aromatic rings. The minimum Gasteiger partial charge on any atom is -0.373 e. The molecule has 4 rings (SSSR count). The number of amides is 1. The number of hydrogen-bond donors (Lipinski definition) is 1. The van der Waals surface area contributed by atoms with Crippen molar-refractivity contribution in [1.82, 2.24) is 19.2 Å². The Labute approximate surface area is 181 Å². The van der Waals surface area contributed by atoms with Crippen LogP contribution in [0, 0.1) is 5.82 Å². The molecule has 0 atom stereocenters. The Bertz CT molecular complexity index is 1080. The number of nitrogens with zero attached hydrogens (tertiary/aromatic N) is 4. The number of fused-ring (bicyclic) bond motifs is 1. The second kappa shape index (κ2) is 8.51. The molecule has 0 spiro atoms. The quantitative estimate of drug-likeness (QED) is 0.772. The van der Waals surface area contributed by atoms with Crippen molar-refractivity contribution in [3.05, 3.63) is 47.2 Å². The Morgan fingerprint density at radius 3 is 2.42 bits per heavy atom. The SMILES string of the molecule is CNc1nc(C2CCN(S(=O)(=O)c3ccc(F)cc3)CC2)nc2c1CCN(C(C)=O)C2. The van der Waals surface area contributed by atoms with Crippen LogP contribution in [0.1, 0.15) is 42.8 Å². The molecule has 2 aliphatic rings. The summed E-state index contributed by atoms with van der Waals surface area (Å²) in [6.45, 7) is 3.37. The van der Waals surface area contributed by atoms with Gasteiger partial charge in [0.15, 0.2) is 0 Å². The van der Waals surface area contributed by atoms with E-state index in [1.165, 1.54) is 16.4 Å². The number of nitrogens with one attached hydrogen (secondary N) is 1. The summed E-state index contributed by atoms with van der Waals surface area (Å²) in [7, 11) is -1.84. The monoisotopic (exact) mass is 447 g/mol. The van der Waals surface area contributed by atoms with Gasteiger partial charge in [0.25, 0.3) is 0 Å². The lowest BCUT2D eigenvalue weighted by molar-refractivity contribution is -0.129. The Morgan fingerprint density at radius 1 is 1.13 bits per heavy atom. The lowest BCUT2D eigenvalue weighted by atomic mass is 9.96. The number of carbonyl (C=O) groups excluding carboxylic acids is 1. The molecule has 1 fully saturated rings. The lowest BCUT2D eigenvalue weighted by Gasteiger charge is -2.32. The fourth-order valence-corrected chi connectivity index (χ4v) is 5.69. The van der Waals surface area contributed by atoms with Crippen LogP contribution in [0.5, 0.6) is 0 Å². The molecule has 31 heavy (non-hydrogen) atoms. The van der Waals surface area contributed by atoms with Gasteiger partial charge in [-0.05, 0) is 43.5 Å². The summed E-state index contributed by atoms with van der Waals surface area (Å²) in [6.07, 6.45) is 1.90. The van der Waals surface area contributed by atoms with Crippen LogP contribution < -0.4 is 5.32 Å². The average Bonchev–Trinajstić information content (AvgIpc) is 2.78. The maximum atomic E-state index is 13.2. The minimum atomic E-state index is -3.66. The first-order valence-electron chi connectivity index (χ1n) is 10.4. The molecule has 1 aromatic carbocycles. The van der Waals surface area contributed by atoms with Crippen LogP contribution >= 0.6 is 0 Å². The molecule has 8 nitrogen and oxygen atoms in total. The molecule has 0 aliphatic carbocycles. The molecular weight excluding hydrogens is 421 g/mol. The van der Waals surface area contributed by atoms with Gasteiger partial charge < -0.3 is 10.2 Å². The zero-order valence-corrected chi connectivity index (χ0v) is 18.5. The molecule has 2 aliphatic heterocycles. The van der Waals surface area contributed by atoms with Crippen LogP contribution in [-0.4, -0.2) is 60.2 Å². The summed E-state index contributed by atoms with van der Waals surface area (Å²) in [5, 5.41) is 3.15. The predicted molar refractivity (Wildman–Crippen MR) is 114 cm³/mol. The third-order valence-electron chi connectivity index (χ3n) is 6.04. The molecule has 3 heterocycles. The normalized spacial score (nSPS) is 18.0. The number of benzene rings is 1. The van der Waals surface area contributed by atoms with E-state index in [0.29, 0.717) is 51.3 Å². The van der Waals surface area contributed by atoms with Crippen molar-refractivity contribution < 1.29 is 17.6 Å². The van der Waals surface area contributed by atoms with Crippen molar-refractivity contribution in [3.63, 3.8) is 0 Å². The number of hydrogen-bond acceptors (Lipinski definition) is 6. The van der Waals surface area contributed by atoms with Gasteiger partial charge in [0.2, 0.25) is 15.9 Å². The smallest absolute Gasteiger partial charge is 0.243 e. The molecule has 1 N–H and O–H groups in total. The topological polar surface area (TPSA) is 95.5 Å². The summed E-state index contributed by atoms with van der Waals surface area (Å²) in [6, 6.07) is 4.90. The first-order chi connectivity index (χ1) is 14.8.